The van der Waals surface area contributed by atoms with Crippen LogP contribution in [0.1, 0.15) is 12.8 Å². The smallest absolute Gasteiger partial charge is 0.0825 e. The highest BCUT2D eigenvalue weighted by Gasteiger charge is 2.17. The Morgan fingerprint density at radius 2 is 2.25 bits per heavy atom. The molecule has 1 aromatic rings. The van der Waals surface area contributed by atoms with Crippen LogP contribution in [0.15, 0.2) is 18.2 Å². The Bertz CT molecular complexity index is 362. The van der Waals surface area contributed by atoms with E-state index in [9.17, 15) is 0 Å². The average Bonchev–Trinajstić information content (AvgIpc) is 2.74. The van der Waals surface area contributed by atoms with Gasteiger partial charge in [-0.15, -0.1) is 0 Å². The quantitative estimate of drug-likeness (QED) is 0.896. The molecule has 4 heteroatoms. The van der Waals surface area contributed by atoms with Gasteiger partial charge in [-0.05, 0) is 31.5 Å². The molecule has 1 saturated heterocycles. The van der Waals surface area contributed by atoms with Crippen LogP contribution < -0.4 is 10.2 Å². The van der Waals surface area contributed by atoms with Crippen LogP contribution in [-0.4, -0.2) is 26.2 Å². The number of hydrogen-bond donors (Lipinski definition) is 1. The number of nitrogens with zero attached hydrogens (tertiary/aromatic N) is 1. The summed E-state index contributed by atoms with van der Waals surface area (Å²) in [6, 6.07) is 6.32. The van der Waals surface area contributed by atoms with Crippen LogP contribution in [0.25, 0.3) is 0 Å². The second-order valence-electron chi connectivity index (χ2n) is 4.25. The van der Waals surface area contributed by atoms with Crippen molar-refractivity contribution in [3.05, 3.63) is 28.2 Å². The first-order chi connectivity index (χ1) is 7.68. The molecule has 1 aliphatic rings. The summed E-state index contributed by atoms with van der Waals surface area (Å²) in [5.74, 6) is 0. The third-order valence-electron chi connectivity index (χ3n) is 3.00. The minimum atomic E-state index is 0.569. The lowest BCUT2D eigenvalue weighted by Crippen LogP contribution is -2.35. The lowest BCUT2D eigenvalue weighted by Gasteiger charge is -2.24. The van der Waals surface area contributed by atoms with Gasteiger partial charge < -0.3 is 10.2 Å². The Hall–Kier alpha value is -0.440. The van der Waals surface area contributed by atoms with Gasteiger partial charge in [0, 0.05) is 19.6 Å². The maximum Gasteiger partial charge on any atom is 0.0825 e. The summed E-state index contributed by atoms with van der Waals surface area (Å²) in [7, 11) is 2.05. The monoisotopic (exact) mass is 258 g/mol. The van der Waals surface area contributed by atoms with Crippen molar-refractivity contribution in [2.24, 2.45) is 0 Å². The van der Waals surface area contributed by atoms with Gasteiger partial charge in [0.1, 0.15) is 0 Å². The molecule has 1 fully saturated rings. The molecule has 0 saturated carbocycles. The van der Waals surface area contributed by atoms with Crippen molar-refractivity contribution in [2.75, 3.05) is 25.0 Å². The molecule has 1 heterocycles. The number of benzene rings is 1. The number of hydrogen-bond acceptors (Lipinski definition) is 2. The van der Waals surface area contributed by atoms with Gasteiger partial charge in [-0.25, -0.2) is 0 Å². The molecule has 1 aromatic carbocycles. The van der Waals surface area contributed by atoms with Crippen LogP contribution in [0.5, 0.6) is 0 Å². The first-order valence-corrected chi connectivity index (χ1v) is 6.32. The SMILES string of the molecule is CN(CC1CCCN1)c1cccc(Cl)c1Cl. The normalized spacial score (nSPS) is 20.1. The van der Waals surface area contributed by atoms with Crippen molar-refractivity contribution < 1.29 is 0 Å². The lowest BCUT2D eigenvalue weighted by atomic mass is 10.2. The maximum atomic E-state index is 6.18. The van der Waals surface area contributed by atoms with Gasteiger partial charge in [0.2, 0.25) is 0 Å². The Morgan fingerprint density at radius 1 is 1.44 bits per heavy atom. The van der Waals surface area contributed by atoms with Crippen molar-refractivity contribution in [1.29, 1.82) is 0 Å². The fourth-order valence-corrected chi connectivity index (χ4v) is 2.57. The Kier molecular flexibility index (Phi) is 3.95. The Morgan fingerprint density at radius 3 is 2.94 bits per heavy atom. The van der Waals surface area contributed by atoms with E-state index >= 15 is 0 Å². The molecule has 0 aliphatic carbocycles. The highest BCUT2D eigenvalue weighted by Crippen LogP contribution is 2.31. The van der Waals surface area contributed by atoms with Crippen LogP contribution >= 0.6 is 23.2 Å². The molecule has 2 rings (SSSR count). The second-order valence-corrected chi connectivity index (χ2v) is 5.03. The van der Waals surface area contributed by atoms with Gasteiger partial charge in [0.05, 0.1) is 15.7 Å². The summed E-state index contributed by atoms with van der Waals surface area (Å²) in [5, 5.41) is 4.73. The average molecular weight is 259 g/mol. The van der Waals surface area contributed by atoms with Crippen LogP contribution in [0.2, 0.25) is 10.0 Å². The molecule has 0 bridgehead atoms. The van der Waals surface area contributed by atoms with Crippen molar-refractivity contribution in [3.63, 3.8) is 0 Å². The largest absolute Gasteiger partial charge is 0.372 e. The molecule has 2 nitrogen and oxygen atoms in total. The number of halogens is 2. The molecular weight excluding hydrogens is 243 g/mol. The van der Waals surface area contributed by atoms with E-state index in [1.165, 1.54) is 12.8 Å². The molecule has 16 heavy (non-hydrogen) atoms. The summed E-state index contributed by atoms with van der Waals surface area (Å²) in [6.45, 7) is 2.10. The molecule has 0 aromatic heterocycles. The van der Waals surface area contributed by atoms with Crippen molar-refractivity contribution >= 4 is 28.9 Å². The topological polar surface area (TPSA) is 15.3 Å². The maximum absolute atomic E-state index is 6.18. The van der Waals surface area contributed by atoms with Gasteiger partial charge in [0.15, 0.2) is 0 Å². The highest BCUT2D eigenvalue weighted by molar-refractivity contribution is 6.43. The minimum absolute atomic E-state index is 0.569. The third kappa shape index (κ3) is 2.62. The summed E-state index contributed by atoms with van der Waals surface area (Å²) >= 11 is 12.2. The molecule has 88 valence electrons. The van der Waals surface area contributed by atoms with Crippen LogP contribution in [0.3, 0.4) is 0 Å². The third-order valence-corrected chi connectivity index (χ3v) is 3.81. The van der Waals surface area contributed by atoms with Crippen LogP contribution in [-0.2, 0) is 0 Å². The summed E-state index contributed by atoms with van der Waals surface area (Å²) in [4.78, 5) is 2.16. The molecule has 1 unspecified atom stereocenters. The van der Waals surface area contributed by atoms with Crippen molar-refractivity contribution in [1.82, 2.24) is 5.32 Å². The second kappa shape index (κ2) is 5.26. The van der Waals surface area contributed by atoms with Crippen LogP contribution in [0, 0.1) is 0 Å². The molecule has 0 radical (unpaired) electrons. The first-order valence-electron chi connectivity index (χ1n) is 5.57. The van der Waals surface area contributed by atoms with Crippen molar-refractivity contribution in [2.45, 2.75) is 18.9 Å². The van der Waals surface area contributed by atoms with Gasteiger partial charge >= 0.3 is 0 Å². The van der Waals surface area contributed by atoms with E-state index in [2.05, 4.69) is 17.3 Å². The van der Waals surface area contributed by atoms with E-state index in [1.54, 1.807) is 0 Å². The van der Waals surface area contributed by atoms with E-state index < -0.39 is 0 Å². The zero-order valence-electron chi connectivity index (χ0n) is 9.34. The van der Waals surface area contributed by atoms with E-state index in [-0.39, 0.29) is 0 Å². The first kappa shape index (κ1) is 12.0. The van der Waals surface area contributed by atoms with E-state index in [0.717, 1.165) is 18.8 Å². The number of nitrogens with one attached hydrogen (secondary N) is 1. The van der Waals surface area contributed by atoms with Crippen LogP contribution in [0.4, 0.5) is 5.69 Å². The van der Waals surface area contributed by atoms with Gasteiger partial charge in [-0.2, -0.15) is 0 Å². The fraction of sp³-hybridized carbons (Fsp3) is 0.500. The van der Waals surface area contributed by atoms with Crippen molar-refractivity contribution in [3.8, 4) is 0 Å². The zero-order chi connectivity index (χ0) is 11.5. The Labute approximate surface area is 107 Å². The standard InChI is InChI=1S/C12H16Cl2N2/c1-16(8-9-4-3-7-15-9)11-6-2-5-10(13)12(11)14/h2,5-6,9,15H,3-4,7-8H2,1H3. The zero-order valence-corrected chi connectivity index (χ0v) is 10.9. The van der Waals surface area contributed by atoms with E-state index in [1.807, 2.05) is 18.2 Å². The highest BCUT2D eigenvalue weighted by atomic mass is 35.5. The van der Waals surface area contributed by atoms with E-state index in [0.29, 0.717) is 16.1 Å². The van der Waals surface area contributed by atoms with Gasteiger partial charge in [-0.3, -0.25) is 0 Å². The lowest BCUT2D eigenvalue weighted by molar-refractivity contribution is 0.600. The predicted molar refractivity (Wildman–Crippen MR) is 70.8 cm³/mol. The van der Waals surface area contributed by atoms with E-state index in [4.69, 9.17) is 23.2 Å². The Balaban J connectivity index is 2.07. The molecule has 0 spiro atoms. The van der Waals surface area contributed by atoms with Gasteiger partial charge in [-0.1, -0.05) is 29.3 Å². The summed E-state index contributed by atoms with van der Waals surface area (Å²) in [5.41, 5.74) is 1.00. The number of anilines is 1. The molecule has 0 amide bonds. The summed E-state index contributed by atoms with van der Waals surface area (Å²) < 4.78 is 0. The predicted octanol–water partition coefficient (Wildman–Crippen LogP) is 3.18. The number of rotatable bonds is 3. The summed E-state index contributed by atoms with van der Waals surface area (Å²) in [6.07, 6.45) is 2.50. The molecule has 1 aliphatic heterocycles. The number of likely N-dealkylation sites (N-methyl/N-ethyl adjacent to an activating group) is 1. The molecule has 1 atom stereocenters. The fourth-order valence-electron chi connectivity index (χ4n) is 2.13. The molecular formula is C12H16Cl2N2. The molecule has 1 N–H and O–H groups in total. The van der Waals surface area contributed by atoms with Gasteiger partial charge in [0.25, 0.3) is 0 Å². The minimum Gasteiger partial charge on any atom is -0.372 e.